The number of nitrogens with zero attached hydrogens (tertiary/aromatic N) is 1. The molecule has 0 fully saturated rings. The van der Waals surface area contributed by atoms with Crippen molar-refractivity contribution < 1.29 is 19.5 Å². The van der Waals surface area contributed by atoms with E-state index in [0.29, 0.717) is 22.0 Å². The highest BCUT2D eigenvalue weighted by Gasteiger charge is 2.39. The molecule has 1 aliphatic rings. The minimum Gasteiger partial charge on any atom is -0.506 e. The Hall–Kier alpha value is -3.81. The lowest BCUT2D eigenvalue weighted by atomic mass is 10.2. The van der Waals surface area contributed by atoms with Gasteiger partial charge in [0.2, 0.25) is 0 Å². The van der Waals surface area contributed by atoms with Crippen LogP contribution in [0.2, 0.25) is 5.02 Å². The minimum atomic E-state index is -0.667. The van der Waals surface area contributed by atoms with Crippen molar-refractivity contribution in [1.29, 1.82) is 0 Å². The molecule has 0 aliphatic carbocycles. The van der Waals surface area contributed by atoms with E-state index in [-0.39, 0.29) is 22.2 Å². The summed E-state index contributed by atoms with van der Waals surface area (Å²) in [6.07, 6.45) is 0. The van der Waals surface area contributed by atoms with Crippen LogP contribution in [0.1, 0.15) is 10.4 Å². The van der Waals surface area contributed by atoms with Crippen LogP contribution in [0.3, 0.4) is 0 Å². The molecule has 32 heavy (non-hydrogen) atoms. The second kappa shape index (κ2) is 8.74. The highest BCUT2D eigenvalue weighted by Crippen LogP contribution is 2.31. The van der Waals surface area contributed by atoms with E-state index in [1.54, 1.807) is 48.5 Å². The smallest absolute Gasteiger partial charge is 0.283 e. The molecule has 3 amide bonds. The molecule has 0 bridgehead atoms. The van der Waals surface area contributed by atoms with E-state index < -0.39 is 17.7 Å². The molecule has 1 aliphatic heterocycles. The number of phenolic OH excluding ortho intramolecular Hbond substituents is 1. The molecule has 3 N–H and O–H groups in total. The van der Waals surface area contributed by atoms with Crippen molar-refractivity contribution in [2.45, 2.75) is 0 Å². The summed E-state index contributed by atoms with van der Waals surface area (Å²) in [4.78, 5) is 38.7. The fourth-order valence-corrected chi connectivity index (χ4v) is 3.48. The van der Waals surface area contributed by atoms with Crippen LogP contribution < -0.4 is 15.5 Å². The van der Waals surface area contributed by atoms with E-state index in [2.05, 4.69) is 10.6 Å². The number of imide groups is 1. The molecule has 4 rings (SSSR count). The Kier molecular flexibility index (Phi) is 5.85. The van der Waals surface area contributed by atoms with Gasteiger partial charge in [-0.05, 0) is 54.6 Å². The van der Waals surface area contributed by atoms with Gasteiger partial charge in [-0.25, -0.2) is 4.90 Å². The molecule has 0 saturated carbocycles. The van der Waals surface area contributed by atoms with Crippen LogP contribution >= 0.6 is 23.2 Å². The fourth-order valence-electron chi connectivity index (χ4n) is 3.08. The van der Waals surface area contributed by atoms with Crippen LogP contribution in [0.25, 0.3) is 0 Å². The van der Waals surface area contributed by atoms with E-state index in [1.807, 2.05) is 0 Å². The standard InChI is InChI=1S/C23H15Cl2N3O4/c24-14-4-3-5-16(12-14)28-22(31)19(25)20(23(28)32)26-15-10-8-13(9-11-15)21(30)27-17-6-1-2-7-18(17)29/h1-12,26,29H,(H,27,30). The number of halogens is 2. The Morgan fingerprint density at radius 1 is 0.875 bits per heavy atom. The first-order chi connectivity index (χ1) is 15.3. The zero-order valence-electron chi connectivity index (χ0n) is 16.3. The van der Waals surface area contributed by atoms with Crippen molar-refractivity contribution in [2.75, 3.05) is 15.5 Å². The van der Waals surface area contributed by atoms with Gasteiger partial charge in [0.25, 0.3) is 17.7 Å². The van der Waals surface area contributed by atoms with Crippen molar-refractivity contribution in [3.8, 4) is 5.75 Å². The van der Waals surface area contributed by atoms with Gasteiger partial charge in [0, 0.05) is 16.3 Å². The summed E-state index contributed by atoms with van der Waals surface area (Å²) < 4.78 is 0. The van der Waals surface area contributed by atoms with Gasteiger partial charge in [-0.15, -0.1) is 0 Å². The zero-order chi connectivity index (χ0) is 22.8. The molecule has 1 heterocycles. The normalized spacial score (nSPS) is 13.5. The second-order valence-corrected chi connectivity index (χ2v) is 7.60. The van der Waals surface area contributed by atoms with Crippen LogP contribution in [0, 0.1) is 0 Å². The molecule has 7 nitrogen and oxygen atoms in total. The Bertz CT molecular complexity index is 1270. The van der Waals surface area contributed by atoms with Crippen LogP contribution in [0.5, 0.6) is 5.75 Å². The third-order valence-corrected chi connectivity index (χ3v) is 5.25. The quantitative estimate of drug-likeness (QED) is 0.372. The van der Waals surface area contributed by atoms with Crippen molar-refractivity contribution in [1.82, 2.24) is 0 Å². The third kappa shape index (κ3) is 4.16. The predicted octanol–water partition coefficient (Wildman–Crippen LogP) is 4.73. The maximum atomic E-state index is 12.8. The van der Waals surface area contributed by atoms with Crippen molar-refractivity contribution >= 4 is 58.0 Å². The third-order valence-electron chi connectivity index (χ3n) is 4.66. The highest BCUT2D eigenvalue weighted by atomic mass is 35.5. The molecular formula is C23H15Cl2N3O4. The second-order valence-electron chi connectivity index (χ2n) is 6.79. The minimum absolute atomic E-state index is 0.0469. The molecule has 0 radical (unpaired) electrons. The number of rotatable bonds is 5. The highest BCUT2D eigenvalue weighted by molar-refractivity contribution is 6.53. The maximum Gasteiger partial charge on any atom is 0.283 e. The molecule has 3 aromatic rings. The van der Waals surface area contributed by atoms with E-state index in [0.717, 1.165) is 4.90 Å². The summed E-state index contributed by atoms with van der Waals surface area (Å²) in [5, 5.41) is 15.4. The average molecular weight is 468 g/mol. The van der Waals surface area contributed by atoms with E-state index in [4.69, 9.17) is 23.2 Å². The number of para-hydroxylation sites is 2. The lowest BCUT2D eigenvalue weighted by Gasteiger charge is -2.15. The van der Waals surface area contributed by atoms with Gasteiger partial charge in [0.1, 0.15) is 16.5 Å². The number of carbonyl (C=O) groups is 3. The van der Waals surface area contributed by atoms with Gasteiger partial charge in [-0.3, -0.25) is 14.4 Å². The van der Waals surface area contributed by atoms with Gasteiger partial charge < -0.3 is 15.7 Å². The first-order valence-electron chi connectivity index (χ1n) is 9.35. The monoisotopic (exact) mass is 467 g/mol. The Labute approximate surface area is 192 Å². The lowest BCUT2D eigenvalue weighted by Crippen LogP contribution is -2.32. The summed E-state index contributed by atoms with van der Waals surface area (Å²) in [6, 6.07) is 18.9. The maximum absolute atomic E-state index is 12.8. The number of benzene rings is 3. The van der Waals surface area contributed by atoms with Crippen molar-refractivity contribution in [3.63, 3.8) is 0 Å². The molecule has 160 valence electrons. The number of amides is 3. The Balaban J connectivity index is 1.49. The largest absolute Gasteiger partial charge is 0.506 e. The number of hydrogen-bond donors (Lipinski definition) is 3. The van der Waals surface area contributed by atoms with Gasteiger partial charge >= 0.3 is 0 Å². The van der Waals surface area contributed by atoms with E-state index in [9.17, 15) is 19.5 Å². The predicted molar refractivity (Wildman–Crippen MR) is 123 cm³/mol. The molecule has 0 atom stereocenters. The number of carbonyl (C=O) groups excluding carboxylic acids is 3. The summed E-state index contributed by atoms with van der Waals surface area (Å²) in [6.45, 7) is 0. The van der Waals surface area contributed by atoms with Gasteiger partial charge in [-0.1, -0.05) is 41.4 Å². The average Bonchev–Trinajstić information content (AvgIpc) is 2.99. The number of hydrogen-bond acceptors (Lipinski definition) is 5. The van der Waals surface area contributed by atoms with Crippen LogP contribution in [-0.4, -0.2) is 22.8 Å². The number of anilines is 3. The first-order valence-corrected chi connectivity index (χ1v) is 10.1. The summed E-state index contributed by atoms with van der Waals surface area (Å²) in [5.41, 5.74) is 1.29. The van der Waals surface area contributed by atoms with Gasteiger partial charge in [0.05, 0.1) is 11.4 Å². The molecule has 0 aromatic heterocycles. The SMILES string of the molecule is O=C(Nc1ccccc1O)c1ccc(NC2=C(Cl)C(=O)N(c3cccc(Cl)c3)C2=O)cc1. The molecule has 0 spiro atoms. The summed E-state index contributed by atoms with van der Waals surface area (Å²) in [7, 11) is 0. The summed E-state index contributed by atoms with van der Waals surface area (Å²) in [5.74, 6) is -1.76. The Morgan fingerprint density at radius 2 is 1.59 bits per heavy atom. The molecule has 3 aromatic carbocycles. The molecule has 0 unspecified atom stereocenters. The zero-order valence-corrected chi connectivity index (χ0v) is 17.8. The molecule has 9 heteroatoms. The van der Waals surface area contributed by atoms with Crippen LogP contribution in [-0.2, 0) is 9.59 Å². The van der Waals surface area contributed by atoms with Crippen LogP contribution in [0.15, 0.2) is 83.5 Å². The number of aromatic hydroxyl groups is 1. The number of phenols is 1. The van der Waals surface area contributed by atoms with Crippen molar-refractivity contribution in [2.24, 2.45) is 0 Å². The van der Waals surface area contributed by atoms with Crippen LogP contribution in [0.4, 0.5) is 17.1 Å². The van der Waals surface area contributed by atoms with E-state index in [1.165, 1.54) is 24.3 Å². The molecule has 0 saturated heterocycles. The van der Waals surface area contributed by atoms with Gasteiger partial charge in [-0.2, -0.15) is 0 Å². The van der Waals surface area contributed by atoms with Gasteiger partial charge in [0.15, 0.2) is 0 Å². The lowest BCUT2D eigenvalue weighted by molar-refractivity contribution is -0.120. The van der Waals surface area contributed by atoms with Crippen molar-refractivity contribution in [3.05, 3.63) is 94.1 Å². The topological polar surface area (TPSA) is 98.7 Å². The molecular weight excluding hydrogens is 453 g/mol. The fraction of sp³-hybridized carbons (Fsp3) is 0. The summed E-state index contributed by atoms with van der Waals surface area (Å²) >= 11 is 12.1. The number of nitrogens with one attached hydrogen (secondary N) is 2. The first kappa shape index (κ1) is 21.4. The Morgan fingerprint density at radius 3 is 2.28 bits per heavy atom. The van der Waals surface area contributed by atoms with E-state index >= 15 is 0 Å².